The van der Waals surface area contributed by atoms with Crippen LogP contribution in [0.5, 0.6) is 5.75 Å². The molecule has 1 amide bonds. The minimum Gasteiger partial charge on any atom is -0.444 e. The van der Waals surface area contributed by atoms with E-state index in [1.165, 1.54) is 12.1 Å². The molecule has 2 bridgehead atoms. The number of halogens is 2. The van der Waals surface area contributed by atoms with Crippen molar-refractivity contribution in [1.82, 2.24) is 4.90 Å². The van der Waals surface area contributed by atoms with Crippen molar-refractivity contribution >= 4 is 6.09 Å². The number of aliphatic hydroxyl groups is 1. The number of alkyl halides is 2. The van der Waals surface area contributed by atoms with Gasteiger partial charge in [0.05, 0.1) is 5.60 Å². The van der Waals surface area contributed by atoms with Crippen LogP contribution >= 0.6 is 0 Å². The Balaban J connectivity index is 1.69. The van der Waals surface area contributed by atoms with E-state index >= 15 is 0 Å². The lowest BCUT2D eigenvalue weighted by molar-refractivity contribution is -0.0580. The van der Waals surface area contributed by atoms with Gasteiger partial charge in [-0.3, -0.25) is 0 Å². The minimum absolute atomic E-state index is 0.0657. The molecule has 1 aromatic rings. The molecule has 2 aliphatic heterocycles. The molecule has 1 aromatic carbocycles. The normalized spacial score (nSPS) is 27.7. The van der Waals surface area contributed by atoms with Gasteiger partial charge in [0.2, 0.25) is 0 Å². The summed E-state index contributed by atoms with van der Waals surface area (Å²) >= 11 is 0. The van der Waals surface area contributed by atoms with Crippen molar-refractivity contribution < 1.29 is 28.2 Å². The van der Waals surface area contributed by atoms with E-state index in [0.29, 0.717) is 19.3 Å². The van der Waals surface area contributed by atoms with Crippen LogP contribution in [0.2, 0.25) is 0 Å². The zero-order valence-electron chi connectivity index (χ0n) is 16.0. The second-order valence-corrected chi connectivity index (χ2v) is 8.61. The first kappa shape index (κ1) is 19.9. The summed E-state index contributed by atoms with van der Waals surface area (Å²) in [4.78, 5) is 14.3. The van der Waals surface area contributed by atoms with Crippen molar-refractivity contribution in [2.75, 3.05) is 0 Å². The number of hydrogen-bond acceptors (Lipinski definition) is 4. The van der Waals surface area contributed by atoms with Gasteiger partial charge in [-0.2, -0.15) is 8.78 Å². The molecule has 2 aliphatic rings. The van der Waals surface area contributed by atoms with Crippen LogP contribution in [0.15, 0.2) is 24.3 Å². The Labute approximate surface area is 158 Å². The maximum Gasteiger partial charge on any atom is 0.410 e. The van der Waals surface area contributed by atoms with Crippen LogP contribution in [0.4, 0.5) is 13.6 Å². The van der Waals surface area contributed by atoms with Gasteiger partial charge in [-0.25, -0.2) is 4.79 Å². The van der Waals surface area contributed by atoms with Gasteiger partial charge in [0.25, 0.3) is 0 Å². The molecule has 2 fully saturated rings. The van der Waals surface area contributed by atoms with Gasteiger partial charge in [-0.05, 0) is 64.2 Å². The second-order valence-electron chi connectivity index (χ2n) is 8.61. The number of piperidine rings is 1. The van der Waals surface area contributed by atoms with E-state index in [2.05, 4.69) is 4.74 Å². The maximum atomic E-state index is 12.5. The molecule has 2 unspecified atom stereocenters. The number of rotatable bonds is 4. The summed E-state index contributed by atoms with van der Waals surface area (Å²) in [6, 6.07) is 6.30. The molecule has 3 rings (SSSR count). The van der Waals surface area contributed by atoms with E-state index in [1.807, 2.05) is 20.8 Å². The van der Waals surface area contributed by atoms with Crippen molar-refractivity contribution in [3.63, 3.8) is 0 Å². The quantitative estimate of drug-likeness (QED) is 0.850. The smallest absolute Gasteiger partial charge is 0.410 e. The zero-order valence-corrected chi connectivity index (χ0v) is 16.0. The SMILES string of the molecule is CC(C)(C)OC(=O)N1C2CCC1CC(O)(Cc1cccc(OC(F)F)c1)C2. The van der Waals surface area contributed by atoms with Crippen molar-refractivity contribution in [3.05, 3.63) is 29.8 Å². The van der Waals surface area contributed by atoms with Crippen LogP contribution in [0, 0.1) is 0 Å². The molecule has 1 N–H and O–H groups in total. The van der Waals surface area contributed by atoms with Crippen LogP contribution in [0.3, 0.4) is 0 Å². The summed E-state index contributed by atoms with van der Waals surface area (Å²) in [5, 5.41) is 11.1. The first-order chi connectivity index (χ1) is 12.5. The molecule has 7 heteroatoms. The Hall–Kier alpha value is -1.89. The summed E-state index contributed by atoms with van der Waals surface area (Å²) < 4.78 is 34.8. The topological polar surface area (TPSA) is 59.0 Å². The van der Waals surface area contributed by atoms with Gasteiger partial charge in [0.15, 0.2) is 0 Å². The molecule has 0 saturated carbocycles. The van der Waals surface area contributed by atoms with Crippen molar-refractivity contribution in [1.29, 1.82) is 0 Å². The fourth-order valence-corrected chi connectivity index (χ4v) is 4.29. The lowest BCUT2D eigenvalue weighted by Crippen LogP contribution is -2.54. The van der Waals surface area contributed by atoms with Crippen molar-refractivity contribution in [3.8, 4) is 5.75 Å². The predicted molar refractivity (Wildman–Crippen MR) is 95.8 cm³/mol. The fraction of sp³-hybridized carbons (Fsp3) is 0.650. The third-order valence-corrected chi connectivity index (χ3v) is 5.11. The number of carbonyl (C=O) groups excluding carboxylic acids is 1. The van der Waals surface area contributed by atoms with Crippen LogP contribution in [-0.4, -0.2) is 46.0 Å². The summed E-state index contributed by atoms with van der Waals surface area (Å²) in [5.41, 5.74) is -0.802. The van der Waals surface area contributed by atoms with E-state index in [1.54, 1.807) is 17.0 Å². The highest BCUT2D eigenvalue weighted by molar-refractivity contribution is 5.69. The minimum atomic E-state index is -2.88. The number of amides is 1. The molecule has 5 nitrogen and oxygen atoms in total. The summed E-state index contributed by atoms with van der Waals surface area (Å²) in [6.07, 6.45) is 2.57. The number of benzene rings is 1. The van der Waals surface area contributed by atoms with Crippen LogP contribution in [0.1, 0.15) is 52.0 Å². The number of fused-ring (bicyclic) bond motifs is 2. The molecular weight excluding hydrogens is 356 g/mol. The largest absolute Gasteiger partial charge is 0.444 e. The molecule has 2 heterocycles. The number of ether oxygens (including phenoxy) is 2. The van der Waals surface area contributed by atoms with E-state index in [-0.39, 0.29) is 23.9 Å². The first-order valence-electron chi connectivity index (χ1n) is 9.32. The van der Waals surface area contributed by atoms with Gasteiger partial charge in [0, 0.05) is 18.5 Å². The van der Waals surface area contributed by atoms with Gasteiger partial charge in [0.1, 0.15) is 11.4 Å². The van der Waals surface area contributed by atoms with Gasteiger partial charge >= 0.3 is 12.7 Å². The van der Waals surface area contributed by atoms with Crippen molar-refractivity contribution in [2.45, 2.75) is 82.8 Å². The molecule has 0 radical (unpaired) electrons. The molecular formula is C20H27F2NO4. The third kappa shape index (κ3) is 4.89. The molecule has 2 saturated heterocycles. The van der Waals surface area contributed by atoms with Crippen LogP contribution in [-0.2, 0) is 11.2 Å². The number of nitrogens with zero attached hydrogens (tertiary/aromatic N) is 1. The van der Waals surface area contributed by atoms with Gasteiger partial charge < -0.3 is 19.5 Å². The fourth-order valence-electron chi connectivity index (χ4n) is 4.29. The Morgan fingerprint density at radius 1 is 1.30 bits per heavy atom. The molecule has 0 aromatic heterocycles. The predicted octanol–water partition coefficient (Wildman–Crippen LogP) is 4.12. The monoisotopic (exact) mass is 383 g/mol. The first-order valence-corrected chi connectivity index (χ1v) is 9.32. The van der Waals surface area contributed by atoms with Crippen LogP contribution < -0.4 is 4.74 Å². The standard InChI is InChI=1S/C20H27F2NO4/c1-19(2,3)27-18(24)23-14-7-8-15(23)12-20(25,11-14)10-13-5-4-6-16(9-13)26-17(21)22/h4-6,9,14-15,17,25H,7-8,10-12H2,1-3H3. The average Bonchev–Trinajstić information content (AvgIpc) is 2.78. The lowest BCUT2D eigenvalue weighted by atomic mass is 9.81. The Kier molecular flexibility index (Phi) is 5.34. The van der Waals surface area contributed by atoms with Gasteiger partial charge in [-0.15, -0.1) is 0 Å². The highest BCUT2D eigenvalue weighted by atomic mass is 19.3. The second kappa shape index (κ2) is 7.26. The molecule has 0 aliphatic carbocycles. The third-order valence-electron chi connectivity index (χ3n) is 5.11. The summed E-state index contributed by atoms with van der Waals surface area (Å²) in [7, 11) is 0. The molecule has 0 spiro atoms. The van der Waals surface area contributed by atoms with E-state index < -0.39 is 17.8 Å². The number of hydrogen-bond donors (Lipinski definition) is 1. The van der Waals surface area contributed by atoms with Crippen molar-refractivity contribution in [2.24, 2.45) is 0 Å². The summed E-state index contributed by atoms with van der Waals surface area (Å²) in [5.74, 6) is 0.0836. The number of carbonyl (C=O) groups is 1. The van der Waals surface area contributed by atoms with E-state index in [9.17, 15) is 18.7 Å². The highest BCUT2D eigenvalue weighted by Gasteiger charge is 2.50. The maximum absolute atomic E-state index is 12.5. The lowest BCUT2D eigenvalue weighted by Gasteiger charge is -2.44. The van der Waals surface area contributed by atoms with Gasteiger partial charge in [-0.1, -0.05) is 12.1 Å². The summed E-state index contributed by atoms with van der Waals surface area (Å²) in [6.45, 7) is 2.63. The molecule has 150 valence electrons. The zero-order chi connectivity index (χ0) is 19.8. The Morgan fingerprint density at radius 2 is 1.93 bits per heavy atom. The highest BCUT2D eigenvalue weighted by Crippen LogP contribution is 2.43. The molecule has 27 heavy (non-hydrogen) atoms. The average molecular weight is 383 g/mol. The van der Waals surface area contributed by atoms with Crippen LogP contribution in [0.25, 0.3) is 0 Å². The Bertz CT molecular complexity index is 675. The Morgan fingerprint density at radius 3 is 2.48 bits per heavy atom. The van der Waals surface area contributed by atoms with E-state index in [0.717, 1.165) is 18.4 Å². The molecule has 2 atom stereocenters. The van der Waals surface area contributed by atoms with E-state index in [4.69, 9.17) is 4.74 Å².